The minimum atomic E-state index is -0.822. The molecule has 0 atom stereocenters. The maximum absolute atomic E-state index is 11.8. The van der Waals surface area contributed by atoms with Crippen molar-refractivity contribution in [1.82, 2.24) is 5.43 Å². The molecule has 0 aliphatic carbocycles. The van der Waals surface area contributed by atoms with Gasteiger partial charge in [-0.15, -0.1) is 0 Å². The van der Waals surface area contributed by atoms with E-state index >= 15 is 0 Å². The van der Waals surface area contributed by atoms with Crippen LogP contribution in [0.2, 0.25) is 0 Å². The quantitative estimate of drug-likeness (QED) is 0.439. The van der Waals surface area contributed by atoms with Gasteiger partial charge in [0.25, 0.3) is 0 Å². The van der Waals surface area contributed by atoms with Gasteiger partial charge in [-0.25, -0.2) is 5.43 Å². The van der Waals surface area contributed by atoms with Gasteiger partial charge in [-0.1, -0.05) is 54.1 Å². The van der Waals surface area contributed by atoms with Gasteiger partial charge in [-0.2, -0.15) is 5.10 Å². The molecule has 0 aliphatic heterocycles. The van der Waals surface area contributed by atoms with Crippen LogP contribution in [0.5, 0.6) is 0 Å². The third kappa shape index (κ3) is 4.29. The molecule has 124 valence electrons. The molecular formula is C20H17N3O2. The number of hydrogen-bond acceptors (Lipinski definition) is 3. The third-order valence-electron chi connectivity index (χ3n) is 3.67. The van der Waals surface area contributed by atoms with Crippen molar-refractivity contribution in [2.45, 2.75) is 6.92 Å². The molecule has 0 radical (unpaired) electrons. The maximum Gasteiger partial charge on any atom is 0.329 e. The van der Waals surface area contributed by atoms with Crippen LogP contribution in [-0.2, 0) is 9.59 Å². The second-order valence-electron chi connectivity index (χ2n) is 5.63. The first-order chi connectivity index (χ1) is 12.1. The summed E-state index contributed by atoms with van der Waals surface area (Å²) >= 11 is 0. The normalized spacial score (nSPS) is 10.8. The molecule has 0 aliphatic rings. The van der Waals surface area contributed by atoms with Crippen LogP contribution in [0.25, 0.3) is 10.8 Å². The van der Waals surface area contributed by atoms with E-state index < -0.39 is 11.8 Å². The van der Waals surface area contributed by atoms with Gasteiger partial charge in [0.1, 0.15) is 0 Å². The summed E-state index contributed by atoms with van der Waals surface area (Å²) < 4.78 is 0. The number of anilines is 1. The van der Waals surface area contributed by atoms with Crippen molar-refractivity contribution < 1.29 is 9.59 Å². The first-order valence-corrected chi connectivity index (χ1v) is 7.82. The molecule has 3 aromatic carbocycles. The number of carbonyl (C=O) groups is 2. The van der Waals surface area contributed by atoms with Gasteiger partial charge < -0.3 is 5.32 Å². The van der Waals surface area contributed by atoms with E-state index in [2.05, 4.69) is 15.8 Å². The third-order valence-corrected chi connectivity index (χ3v) is 3.67. The molecule has 5 heteroatoms. The Morgan fingerprint density at radius 3 is 2.36 bits per heavy atom. The van der Waals surface area contributed by atoms with Crippen LogP contribution >= 0.6 is 0 Å². The van der Waals surface area contributed by atoms with Gasteiger partial charge in [-0.3, -0.25) is 9.59 Å². The Morgan fingerprint density at radius 2 is 1.60 bits per heavy atom. The Hall–Kier alpha value is -3.47. The number of nitrogens with zero attached hydrogens (tertiary/aromatic N) is 1. The number of hydrazone groups is 1. The minimum Gasteiger partial charge on any atom is -0.318 e. The van der Waals surface area contributed by atoms with Gasteiger partial charge in [0.05, 0.1) is 6.21 Å². The second-order valence-corrected chi connectivity index (χ2v) is 5.63. The number of carbonyl (C=O) groups excluding carboxylic acids is 2. The number of hydrogen-bond donors (Lipinski definition) is 2. The summed E-state index contributed by atoms with van der Waals surface area (Å²) in [6, 6.07) is 21.0. The molecule has 0 saturated heterocycles. The van der Waals surface area contributed by atoms with Crippen molar-refractivity contribution in [3.05, 3.63) is 77.9 Å². The van der Waals surface area contributed by atoms with E-state index in [4.69, 9.17) is 0 Å². The molecule has 0 heterocycles. The molecule has 0 fully saturated rings. The van der Waals surface area contributed by atoms with Crippen molar-refractivity contribution in [3.8, 4) is 0 Å². The Morgan fingerprint density at radius 1 is 0.880 bits per heavy atom. The summed E-state index contributed by atoms with van der Waals surface area (Å²) in [5, 5.41) is 8.56. The summed E-state index contributed by atoms with van der Waals surface area (Å²) in [7, 11) is 0. The van der Waals surface area contributed by atoms with E-state index in [0.29, 0.717) is 5.69 Å². The molecule has 0 saturated carbocycles. The second kappa shape index (κ2) is 7.40. The molecule has 0 spiro atoms. The Bertz CT molecular complexity index is 947. The standard InChI is InChI=1S/C20H17N3O2/c1-14-6-10-18(11-7-14)22-19(24)20(25)23-21-13-15-8-9-16-4-2-3-5-17(16)12-15/h2-13H,1H3,(H,22,24)(H,23,25)/b21-13-. The first-order valence-electron chi connectivity index (χ1n) is 7.82. The van der Waals surface area contributed by atoms with E-state index in [-0.39, 0.29) is 0 Å². The molecule has 3 rings (SSSR count). The van der Waals surface area contributed by atoms with Gasteiger partial charge in [0.15, 0.2) is 0 Å². The Balaban J connectivity index is 1.59. The maximum atomic E-state index is 11.8. The zero-order chi connectivity index (χ0) is 17.6. The zero-order valence-corrected chi connectivity index (χ0v) is 13.7. The van der Waals surface area contributed by atoms with Crippen molar-refractivity contribution in [3.63, 3.8) is 0 Å². The minimum absolute atomic E-state index is 0.559. The average Bonchev–Trinajstić information content (AvgIpc) is 2.63. The van der Waals surface area contributed by atoms with Crippen LogP contribution in [0.15, 0.2) is 71.8 Å². The highest BCUT2D eigenvalue weighted by molar-refractivity contribution is 6.39. The molecular weight excluding hydrogens is 314 g/mol. The van der Waals surface area contributed by atoms with Crippen LogP contribution < -0.4 is 10.7 Å². The van der Waals surface area contributed by atoms with E-state index in [1.165, 1.54) is 6.21 Å². The fourth-order valence-corrected chi connectivity index (χ4v) is 2.33. The number of nitrogens with one attached hydrogen (secondary N) is 2. The number of rotatable bonds is 3. The number of benzene rings is 3. The van der Waals surface area contributed by atoms with Gasteiger partial charge in [0, 0.05) is 5.69 Å². The van der Waals surface area contributed by atoms with Gasteiger partial charge in [0.2, 0.25) is 0 Å². The summed E-state index contributed by atoms with van der Waals surface area (Å²) in [6.45, 7) is 1.94. The van der Waals surface area contributed by atoms with Crippen molar-refractivity contribution >= 4 is 34.5 Å². The average molecular weight is 331 g/mol. The molecule has 25 heavy (non-hydrogen) atoms. The van der Waals surface area contributed by atoms with Crippen LogP contribution in [0, 0.1) is 6.92 Å². The summed E-state index contributed by atoms with van der Waals surface area (Å²) in [5.41, 5.74) is 4.69. The van der Waals surface area contributed by atoms with Crippen LogP contribution in [0.3, 0.4) is 0 Å². The topological polar surface area (TPSA) is 70.6 Å². The molecule has 2 amide bonds. The van der Waals surface area contributed by atoms with Gasteiger partial charge in [-0.05, 0) is 41.5 Å². The fourth-order valence-electron chi connectivity index (χ4n) is 2.33. The Labute approximate surface area is 145 Å². The highest BCUT2D eigenvalue weighted by Crippen LogP contribution is 2.14. The van der Waals surface area contributed by atoms with Crippen molar-refractivity contribution in [2.75, 3.05) is 5.32 Å². The predicted molar refractivity (Wildman–Crippen MR) is 99.5 cm³/mol. The molecule has 5 nitrogen and oxygen atoms in total. The molecule has 3 aromatic rings. The highest BCUT2D eigenvalue weighted by atomic mass is 16.2. The number of aryl methyl sites for hydroxylation is 1. The summed E-state index contributed by atoms with van der Waals surface area (Å²) in [6.07, 6.45) is 1.50. The monoisotopic (exact) mass is 331 g/mol. The van der Waals surface area contributed by atoms with Crippen LogP contribution in [-0.4, -0.2) is 18.0 Å². The lowest BCUT2D eigenvalue weighted by molar-refractivity contribution is -0.136. The summed E-state index contributed by atoms with van der Waals surface area (Å²) in [4.78, 5) is 23.6. The lowest BCUT2D eigenvalue weighted by Crippen LogP contribution is -2.32. The van der Waals surface area contributed by atoms with Gasteiger partial charge >= 0.3 is 11.8 Å². The van der Waals surface area contributed by atoms with E-state index in [1.54, 1.807) is 12.1 Å². The van der Waals surface area contributed by atoms with E-state index in [9.17, 15) is 9.59 Å². The van der Waals surface area contributed by atoms with Crippen molar-refractivity contribution in [2.24, 2.45) is 5.10 Å². The molecule has 0 unspecified atom stereocenters. The molecule has 0 bridgehead atoms. The molecule has 0 aromatic heterocycles. The number of amides is 2. The summed E-state index contributed by atoms with van der Waals surface area (Å²) in [5.74, 6) is -1.59. The Kier molecular flexibility index (Phi) is 4.85. The van der Waals surface area contributed by atoms with Crippen molar-refractivity contribution in [1.29, 1.82) is 0 Å². The lowest BCUT2D eigenvalue weighted by atomic mass is 10.1. The smallest absolute Gasteiger partial charge is 0.318 e. The largest absolute Gasteiger partial charge is 0.329 e. The SMILES string of the molecule is Cc1ccc(NC(=O)C(=O)N/N=C\c2ccc3ccccc3c2)cc1. The first kappa shape index (κ1) is 16.4. The van der Waals surface area contributed by atoms with Crippen LogP contribution in [0.4, 0.5) is 5.69 Å². The van der Waals surface area contributed by atoms with Crippen LogP contribution in [0.1, 0.15) is 11.1 Å². The highest BCUT2D eigenvalue weighted by Gasteiger charge is 2.12. The number of fused-ring (bicyclic) bond motifs is 1. The van der Waals surface area contributed by atoms with E-state index in [0.717, 1.165) is 21.9 Å². The zero-order valence-electron chi connectivity index (χ0n) is 13.7. The lowest BCUT2D eigenvalue weighted by Gasteiger charge is -2.04. The predicted octanol–water partition coefficient (Wildman–Crippen LogP) is 3.24. The van der Waals surface area contributed by atoms with E-state index in [1.807, 2.05) is 61.5 Å². The molecule has 2 N–H and O–H groups in total. The fraction of sp³-hybridized carbons (Fsp3) is 0.0500.